The van der Waals surface area contributed by atoms with Crippen LogP contribution >= 0.6 is 11.3 Å². The first-order valence-electron chi connectivity index (χ1n) is 8.39. The van der Waals surface area contributed by atoms with E-state index in [2.05, 4.69) is 12.1 Å². The first kappa shape index (κ1) is 18.1. The Morgan fingerprint density at radius 2 is 1.85 bits per heavy atom. The third kappa shape index (κ3) is 3.62. The molecular weight excluding hydrogens is 352 g/mol. The summed E-state index contributed by atoms with van der Waals surface area (Å²) in [6.07, 6.45) is 0.719. The molecule has 0 spiro atoms. The monoisotopic (exact) mass is 372 g/mol. The van der Waals surface area contributed by atoms with Crippen molar-refractivity contribution in [1.29, 1.82) is 0 Å². The maximum atomic E-state index is 12.6. The molecular formula is C19H20N2O4S. The number of aryl methyl sites for hydroxylation is 2. The number of fused-ring (bicyclic) bond motifs is 3. The third-order valence-electron chi connectivity index (χ3n) is 4.28. The van der Waals surface area contributed by atoms with Crippen molar-refractivity contribution in [3.05, 3.63) is 46.3 Å². The van der Waals surface area contributed by atoms with Crippen LogP contribution in [0, 0.1) is 5.92 Å². The number of benzene rings is 1. The highest BCUT2D eigenvalue weighted by Crippen LogP contribution is 2.39. The van der Waals surface area contributed by atoms with Crippen molar-refractivity contribution in [2.45, 2.75) is 32.8 Å². The summed E-state index contributed by atoms with van der Waals surface area (Å²) >= 11 is 1.37. The van der Waals surface area contributed by atoms with Gasteiger partial charge in [-0.3, -0.25) is 10.1 Å². The Labute approximate surface area is 155 Å². The van der Waals surface area contributed by atoms with Crippen molar-refractivity contribution >= 4 is 29.2 Å². The van der Waals surface area contributed by atoms with Gasteiger partial charge in [0.05, 0.1) is 0 Å². The molecule has 0 unspecified atom stereocenters. The number of thiophene rings is 1. The highest BCUT2D eigenvalue weighted by Gasteiger charge is 2.29. The Hall–Kier alpha value is -2.67. The fourth-order valence-corrected chi connectivity index (χ4v) is 4.18. The highest BCUT2D eigenvalue weighted by molar-refractivity contribution is 7.17. The molecule has 6 nitrogen and oxygen atoms in total. The van der Waals surface area contributed by atoms with Gasteiger partial charge in [-0.25, -0.2) is 9.59 Å². The van der Waals surface area contributed by atoms with E-state index >= 15 is 0 Å². The van der Waals surface area contributed by atoms with Gasteiger partial charge in [0, 0.05) is 4.88 Å². The van der Waals surface area contributed by atoms with Gasteiger partial charge in [0.15, 0.2) is 6.10 Å². The van der Waals surface area contributed by atoms with Crippen LogP contribution in [0.5, 0.6) is 0 Å². The molecule has 1 aliphatic carbocycles. The first-order valence-corrected chi connectivity index (χ1v) is 9.20. The van der Waals surface area contributed by atoms with Crippen molar-refractivity contribution < 1.29 is 19.1 Å². The Morgan fingerprint density at radius 3 is 2.54 bits per heavy atom. The number of nitrogens with two attached hydrogens (primary N) is 1. The summed E-state index contributed by atoms with van der Waals surface area (Å²) in [7, 11) is 0. The second kappa shape index (κ2) is 7.29. The van der Waals surface area contributed by atoms with Crippen molar-refractivity contribution in [2.24, 2.45) is 11.7 Å². The molecule has 0 bridgehead atoms. The number of hydrogen-bond donors (Lipinski definition) is 2. The lowest BCUT2D eigenvalue weighted by molar-refractivity contribution is -0.130. The lowest BCUT2D eigenvalue weighted by atomic mass is 9.91. The van der Waals surface area contributed by atoms with Crippen LogP contribution < -0.4 is 11.1 Å². The van der Waals surface area contributed by atoms with Gasteiger partial charge in [-0.05, 0) is 41.5 Å². The van der Waals surface area contributed by atoms with Crippen LogP contribution in [0.25, 0.3) is 10.4 Å². The molecule has 3 N–H and O–H groups in total. The number of nitrogens with one attached hydrogen (secondary N) is 1. The molecule has 2 aromatic rings. The molecule has 3 rings (SSSR count). The van der Waals surface area contributed by atoms with Crippen LogP contribution in [0.2, 0.25) is 0 Å². The fraction of sp³-hybridized carbons (Fsp3) is 0.316. The van der Waals surface area contributed by atoms with E-state index in [0.717, 1.165) is 28.8 Å². The van der Waals surface area contributed by atoms with E-state index in [9.17, 15) is 14.4 Å². The zero-order valence-electron chi connectivity index (χ0n) is 14.6. The van der Waals surface area contributed by atoms with Gasteiger partial charge < -0.3 is 10.5 Å². The number of urea groups is 1. The van der Waals surface area contributed by atoms with E-state index in [4.69, 9.17) is 10.5 Å². The lowest BCUT2D eigenvalue weighted by Crippen LogP contribution is -2.45. The number of primary amides is 1. The van der Waals surface area contributed by atoms with Gasteiger partial charge >= 0.3 is 12.0 Å². The summed E-state index contributed by atoms with van der Waals surface area (Å²) in [6, 6.07) is 9.00. The number of hydrogen-bond acceptors (Lipinski definition) is 5. The van der Waals surface area contributed by atoms with Crippen LogP contribution in [-0.4, -0.2) is 24.0 Å². The Kier molecular flexibility index (Phi) is 5.08. The number of imide groups is 1. The van der Waals surface area contributed by atoms with E-state index in [1.165, 1.54) is 16.9 Å². The molecule has 26 heavy (non-hydrogen) atoms. The summed E-state index contributed by atoms with van der Waals surface area (Å²) in [5.74, 6) is -1.58. The van der Waals surface area contributed by atoms with Crippen LogP contribution in [0.15, 0.2) is 30.3 Å². The summed E-state index contributed by atoms with van der Waals surface area (Å²) in [4.78, 5) is 37.0. The Morgan fingerprint density at radius 1 is 1.15 bits per heavy atom. The second-order valence-corrected chi connectivity index (χ2v) is 7.60. The van der Waals surface area contributed by atoms with Gasteiger partial charge in [0.2, 0.25) is 0 Å². The second-order valence-electron chi connectivity index (χ2n) is 6.55. The van der Waals surface area contributed by atoms with Gasteiger partial charge in [0.25, 0.3) is 5.91 Å². The Bertz CT molecular complexity index is 872. The quantitative estimate of drug-likeness (QED) is 0.806. The number of esters is 1. The molecule has 0 saturated carbocycles. The van der Waals surface area contributed by atoms with Crippen LogP contribution in [-0.2, 0) is 22.4 Å². The molecule has 7 heteroatoms. The molecule has 136 valence electrons. The number of amides is 3. The molecule has 0 saturated heterocycles. The number of carbonyl (C=O) groups is 3. The molecule has 1 aromatic carbocycles. The molecule has 1 aromatic heterocycles. The van der Waals surface area contributed by atoms with E-state index in [0.29, 0.717) is 4.88 Å². The predicted octanol–water partition coefficient (Wildman–Crippen LogP) is 2.89. The fourth-order valence-electron chi connectivity index (χ4n) is 3.03. The SMILES string of the molecule is CC(C)[C@@H](OC(=O)c1cc2c(s1)-c1ccccc1CC2)C(=O)NC(N)=O. The molecule has 1 aliphatic rings. The molecule has 1 atom stereocenters. The van der Waals surface area contributed by atoms with Crippen molar-refractivity contribution in [1.82, 2.24) is 5.32 Å². The number of carbonyl (C=O) groups excluding carboxylic acids is 3. The minimum absolute atomic E-state index is 0.298. The number of rotatable bonds is 4. The highest BCUT2D eigenvalue weighted by atomic mass is 32.1. The van der Waals surface area contributed by atoms with Crippen molar-refractivity contribution in [3.63, 3.8) is 0 Å². The zero-order chi connectivity index (χ0) is 18.8. The maximum Gasteiger partial charge on any atom is 0.349 e. The van der Waals surface area contributed by atoms with Crippen LogP contribution in [0.1, 0.15) is 34.6 Å². The molecule has 3 amide bonds. The van der Waals surface area contributed by atoms with Crippen molar-refractivity contribution in [3.8, 4) is 10.4 Å². The predicted molar refractivity (Wildman–Crippen MR) is 98.9 cm³/mol. The van der Waals surface area contributed by atoms with E-state index in [1.54, 1.807) is 13.8 Å². The molecule has 0 radical (unpaired) electrons. The topological polar surface area (TPSA) is 98.5 Å². The number of ether oxygens (including phenoxy) is 1. The van der Waals surface area contributed by atoms with Gasteiger partial charge in [-0.1, -0.05) is 38.1 Å². The van der Waals surface area contributed by atoms with E-state index < -0.39 is 24.0 Å². The normalized spacial score (nSPS) is 13.5. The molecule has 1 heterocycles. The molecule has 0 fully saturated rings. The zero-order valence-corrected chi connectivity index (χ0v) is 15.4. The van der Waals surface area contributed by atoms with Gasteiger partial charge in [0.1, 0.15) is 4.88 Å². The summed E-state index contributed by atoms with van der Waals surface area (Å²) in [5.41, 5.74) is 8.50. The molecule has 0 aliphatic heterocycles. The Balaban J connectivity index is 1.82. The average molecular weight is 372 g/mol. The smallest absolute Gasteiger partial charge is 0.349 e. The minimum atomic E-state index is -1.08. The average Bonchev–Trinajstić information content (AvgIpc) is 3.03. The standard InChI is InChI=1S/C19H20N2O4S/c1-10(2)15(17(22)21-19(20)24)25-18(23)14-9-12-8-7-11-5-3-4-6-13(11)16(12)26-14/h3-6,9-10,15H,7-8H2,1-2H3,(H3,20,21,22,24)/t15-/m1/s1. The summed E-state index contributed by atoms with van der Waals surface area (Å²) in [6.45, 7) is 3.46. The lowest BCUT2D eigenvalue weighted by Gasteiger charge is -2.19. The summed E-state index contributed by atoms with van der Waals surface area (Å²) < 4.78 is 5.38. The van der Waals surface area contributed by atoms with Crippen LogP contribution in [0.3, 0.4) is 0 Å². The largest absolute Gasteiger partial charge is 0.448 e. The minimum Gasteiger partial charge on any atom is -0.448 e. The van der Waals surface area contributed by atoms with Crippen molar-refractivity contribution in [2.75, 3.05) is 0 Å². The third-order valence-corrected chi connectivity index (χ3v) is 5.47. The van der Waals surface area contributed by atoms with Gasteiger partial charge in [-0.15, -0.1) is 11.3 Å². The summed E-state index contributed by atoms with van der Waals surface area (Å²) in [5, 5.41) is 1.97. The van der Waals surface area contributed by atoms with E-state index in [1.807, 2.05) is 23.5 Å². The van der Waals surface area contributed by atoms with Crippen LogP contribution in [0.4, 0.5) is 4.79 Å². The van der Waals surface area contributed by atoms with E-state index in [-0.39, 0.29) is 5.92 Å². The maximum absolute atomic E-state index is 12.6. The first-order chi connectivity index (χ1) is 12.4. The van der Waals surface area contributed by atoms with Gasteiger partial charge in [-0.2, -0.15) is 0 Å².